The molecule has 3 N–H and O–H groups in total. The molecule has 1 aliphatic heterocycles. The molecule has 0 saturated carbocycles. The molecule has 30 heavy (non-hydrogen) atoms. The van der Waals surface area contributed by atoms with Crippen molar-refractivity contribution >= 4 is 17.3 Å². The third-order valence-electron chi connectivity index (χ3n) is 5.14. The lowest BCUT2D eigenvalue weighted by atomic mass is 9.83. The van der Waals surface area contributed by atoms with Gasteiger partial charge in [0.05, 0.1) is 31.2 Å². The zero-order valence-corrected chi connectivity index (χ0v) is 16.4. The maximum Gasteiger partial charge on any atom is 0.237 e. The number of anilines is 3. The molecule has 0 aliphatic carbocycles. The van der Waals surface area contributed by atoms with E-state index in [0.29, 0.717) is 34.9 Å². The maximum absolute atomic E-state index is 14.7. The summed E-state index contributed by atoms with van der Waals surface area (Å²) in [6.45, 7) is 2.26. The Hall–Kier alpha value is -3.77. The molecule has 0 saturated heterocycles. The number of fused-ring (bicyclic) bond motifs is 1. The Morgan fingerprint density at radius 1 is 1.40 bits per heavy atom. The quantitative estimate of drug-likeness (QED) is 0.592. The summed E-state index contributed by atoms with van der Waals surface area (Å²) in [5, 5.41) is 25.6. The molecule has 1 aromatic carbocycles. The van der Waals surface area contributed by atoms with Crippen LogP contribution in [0.25, 0.3) is 11.3 Å². The molecule has 1 atom stereocenters. The topological polar surface area (TPSA) is 116 Å². The Kier molecular flexibility index (Phi) is 4.93. The average molecular weight is 406 g/mol. The van der Waals surface area contributed by atoms with Crippen molar-refractivity contribution in [2.45, 2.75) is 12.3 Å². The Bertz CT molecular complexity index is 1160. The predicted octanol–water partition coefficient (Wildman–Crippen LogP) is 2.98. The second kappa shape index (κ2) is 7.57. The summed E-state index contributed by atoms with van der Waals surface area (Å²) in [5.41, 5.74) is 2.19. The van der Waals surface area contributed by atoms with Gasteiger partial charge < -0.3 is 20.5 Å². The molecule has 152 valence electrons. The molecule has 0 amide bonds. The normalized spacial score (nSPS) is 17.0. The van der Waals surface area contributed by atoms with Crippen LogP contribution in [0.1, 0.15) is 18.1 Å². The lowest BCUT2D eigenvalue weighted by molar-refractivity contribution is 0.219. The number of aliphatic hydroxyl groups excluding tert-OH is 1. The van der Waals surface area contributed by atoms with Crippen LogP contribution in [0, 0.1) is 17.1 Å². The van der Waals surface area contributed by atoms with Gasteiger partial charge in [0.2, 0.25) is 11.8 Å². The van der Waals surface area contributed by atoms with E-state index in [-0.39, 0.29) is 18.2 Å². The second-order valence-corrected chi connectivity index (χ2v) is 7.21. The number of benzene rings is 1. The Labute approximate surface area is 172 Å². The molecular weight excluding hydrogens is 387 g/mol. The first-order valence-electron chi connectivity index (χ1n) is 9.21. The van der Waals surface area contributed by atoms with E-state index in [1.54, 1.807) is 30.5 Å². The fourth-order valence-electron chi connectivity index (χ4n) is 3.45. The number of methoxy groups -OCH3 is 1. The van der Waals surface area contributed by atoms with Gasteiger partial charge in [0.15, 0.2) is 5.82 Å². The van der Waals surface area contributed by atoms with Crippen molar-refractivity contribution in [2.24, 2.45) is 0 Å². The number of nitrogens with zero attached hydrogens (tertiary/aromatic N) is 4. The predicted molar refractivity (Wildman–Crippen MR) is 109 cm³/mol. The average Bonchev–Trinajstić information content (AvgIpc) is 3.12. The summed E-state index contributed by atoms with van der Waals surface area (Å²) >= 11 is 0. The number of nitriles is 1. The van der Waals surface area contributed by atoms with Crippen molar-refractivity contribution in [3.8, 4) is 23.2 Å². The van der Waals surface area contributed by atoms with Crippen LogP contribution in [0.5, 0.6) is 5.88 Å². The Balaban J connectivity index is 1.79. The van der Waals surface area contributed by atoms with Gasteiger partial charge in [-0.25, -0.2) is 19.3 Å². The number of hydrogen-bond donors (Lipinski definition) is 3. The zero-order chi connectivity index (χ0) is 21.3. The maximum atomic E-state index is 14.7. The highest BCUT2D eigenvalue weighted by Crippen LogP contribution is 2.41. The number of rotatable bonds is 5. The van der Waals surface area contributed by atoms with Gasteiger partial charge in [-0.2, -0.15) is 5.26 Å². The van der Waals surface area contributed by atoms with E-state index in [1.807, 2.05) is 6.92 Å². The van der Waals surface area contributed by atoms with Crippen LogP contribution in [0.4, 0.5) is 21.7 Å². The van der Waals surface area contributed by atoms with E-state index in [9.17, 15) is 14.8 Å². The minimum absolute atomic E-state index is 0.0434. The van der Waals surface area contributed by atoms with Crippen LogP contribution < -0.4 is 15.4 Å². The molecule has 2 aromatic heterocycles. The molecule has 0 bridgehead atoms. The van der Waals surface area contributed by atoms with Crippen LogP contribution in [0.15, 0.2) is 36.7 Å². The molecule has 8 nitrogen and oxygen atoms in total. The summed E-state index contributed by atoms with van der Waals surface area (Å²) in [4.78, 5) is 12.4. The first-order valence-corrected chi connectivity index (χ1v) is 9.21. The van der Waals surface area contributed by atoms with Crippen molar-refractivity contribution in [3.05, 3.63) is 53.6 Å². The molecule has 0 spiro atoms. The Morgan fingerprint density at radius 2 is 2.23 bits per heavy atom. The number of halogens is 1. The highest BCUT2D eigenvalue weighted by Gasteiger charge is 2.36. The molecule has 0 fully saturated rings. The van der Waals surface area contributed by atoms with Crippen molar-refractivity contribution < 1.29 is 14.2 Å². The van der Waals surface area contributed by atoms with Gasteiger partial charge in [0.25, 0.3) is 0 Å². The largest absolute Gasteiger partial charge is 0.480 e. The summed E-state index contributed by atoms with van der Waals surface area (Å²) in [5.74, 6) is -0.125. The lowest BCUT2D eigenvalue weighted by Crippen LogP contribution is -2.28. The van der Waals surface area contributed by atoms with Gasteiger partial charge in [0, 0.05) is 23.7 Å². The number of pyridine rings is 1. The van der Waals surface area contributed by atoms with E-state index in [1.165, 1.54) is 7.11 Å². The van der Waals surface area contributed by atoms with Gasteiger partial charge in [0.1, 0.15) is 17.5 Å². The molecule has 3 heterocycles. The first kappa shape index (κ1) is 19.5. The van der Waals surface area contributed by atoms with E-state index < -0.39 is 11.2 Å². The van der Waals surface area contributed by atoms with Crippen molar-refractivity contribution in [1.29, 1.82) is 5.26 Å². The van der Waals surface area contributed by atoms with Gasteiger partial charge in [-0.1, -0.05) is 6.92 Å². The van der Waals surface area contributed by atoms with E-state index in [0.717, 1.165) is 11.8 Å². The third kappa shape index (κ3) is 3.27. The third-order valence-corrected chi connectivity index (χ3v) is 5.14. The first-order chi connectivity index (χ1) is 14.5. The zero-order valence-electron chi connectivity index (χ0n) is 16.4. The summed E-state index contributed by atoms with van der Waals surface area (Å²) in [6, 6.07) is 8.93. The number of aliphatic hydroxyl groups is 1. The number of ether oxygens (including phenoxy) is 1. The molecular formula is C21H19FN6O2. The highest BCUT2D eigenvalue weighted by molar-refractivity contribution is 5.76. The van der Waals surface area contributed by atoms with E-state index in [4.69, 9.17) is 4.74 Å². The van der Waals surface area contributed by atoms with Crippen molar-refractivity contribution in [3.63, 3.8) is 0 Å². The van der Waals surface area contributed by atoms with E-state index >= 15 is 0 Å². The summed E-state index contributed by atoms with van der Waals surface area (Å²) in [7, 11) is 1.49. The summed E-state index contributed by atoms with van der Waals surface area (Å²) < 4.78 is 19.9. The van der Waals surface area contributed by atoms with Gasteiger partial charge >= 0.3 is 0 Å². The SMILES string of the molecule is COc1ncccc1Nc1ncc(F)c(-c2cc(C#N)c3c(c2)C(C)(CO)CN3)n1. The van der Waals surface area contributed by atoms with Crippen LogP contribution in [-0.2, 0) is 5.41 Å². The van der Waals surface area contributed by atoms with Crippen molar-refractivity contribution in [1.82, 2.24) is 15.0 Å². The monoisotopic (exact) mass is 406 g/mol. The van der Waals surface area contributed by atoms with E-state index in [2.05, 4.69) is 31.7 Å². The lowest BCUT2D eigenvalue weighted by Gasteiger charge is -2.21. The molecule has 3 aromatic rings. The fourth-order valence-corrected chi connectivity index (χ4v) is 3.45. The van der Waals surface area contributed by atoms with Crippen LogP contribution in [0.2, 0.25) is 0 Å². The number of nitrogens with one attached hydrogen (secondary N) is 2. The van der Waals surface area contributed by atoms with Gasteiger partial charge in [-0.15, -0.1) is 0 Å². The Morgan fingerprint density at radius 3 is 2.97 bits per heavy atom. The molecule has 9 heteroatoms. The minimum Gasteiger partial charge on any atom is -0.480 e. The number of hydrogen-bond acceptors (Lipinski definition) is 8. The van der Waals surface area contributed by atoms with Gasteiger partial charge in [-0.3, -0.25) is 0 Å². The van der Waals surface area contributed by atoms with Crippen molar-refractivity contribution in [2.75, 3.05) is 30.9 Å². The van der Waals surface area contributed by atoms with Crippen LogP contribution in [-0.4, -0.2) is 40.3 Å². The molecule has 1 aliphatic rings. The van der Waals surface area contributed by atoms with Crippen LogP contribution in [0.3, 0.4) is 0 Å². The molecule has 4 rings (SSSR count). The molecule has 0 radical (unpaired) electrons. The van der Waals surface area contributed by atoms with Gasteiger partial charge in [-0.05, 0) is 29.8 Å². The highest BCUT2D eigenvalue weighted by atomic mass is 19.1. The number of aromatic nitrogens is 3. The standard InChI is InChI=1S/C21H19FN6O2/c1-21(11-29)10-26-17-13(8-23)6-12(7-14(17)21)18-15(22)9-25-20(28-18)27-16-4-3-5-24-19(16)30-2/h3-7,9,26,29H,10-11H2,1-2H3,(H,25,27,28). The smallest absolute Gasteiger partial charge is 0.237 e. The second-order valence-electron chi connectivity index (χ2n) is 7.21. The fraction of sp³-hybridized carbons (Fsp3) is 0.238. The van der Waals surface area contributed by atoms with Crippen LogP contribution >= 0.6 is 0 Å². The minimum atomic E-state index is -0.626. The molecule has 1 unspecified atom stereocenters. The summed E-state index contributed by atoms with van der Waals surface area (Å²) in [6.07, 6.45) is 2.65.